The fourth-order valence-electron chi connectivity index (χ4n) is 2.87. The van der Waals surface area contributed by atoms with Crippen LogP contribution in [0.5, 0.6) is 0 Å². The third-order valence-corrected chi connectivity index (χ3v) is 6.26. The predicted molar refractivity (Wildman–Crippen MR) is 89.8 cm³/mol. The topological polar surface area (TPSA) is 46.6 Å². The number of morpholine rings is 1. The monoisotopic (exact) mass is 349 g/mol. The van der Waals surface area contributed by atoms with Crippen molar-refractivity contribution >= 4 is 10.0 Å². The smallest absolute Gasteiger partial charge is 0.243 e. The summed E-state index contributed by atoms with van der Waals surface area (Å²) in [5.74, 6) is -0.439. The highest BCUT2D eigenvalue weighted by Gasteiger charge is 2.32. The third kappa shape index (κ3) is 3.36. The van der Waals surface area contributed by atoms with Crippen molar-refractivity contribution in [2.24, 2.45) is 0 Å². The number of ether oxygens (including phenoxy) is 1. The van der Waals surface area contributed by atoms with Gasteiger partial charge in [-0.3, -0.25) is 0 Å². The molecule has 1 aliphatic rings. The summed E-state index contributed by atoms with van der Waals surface area (Å²) in [7, 11) is -3.67. The van der Waals surface area contributed by atoms with Crippen LogP contribution in [0.4, 0.5) is 4.39 Å². The number of hydrogen-bond acceptors (Lipinski definition) is 3. The van der Waals surface area contributed by atoms with E-state index in [1.54, 1.807) is 6.92 Å². The zero-order valence-electron chi connectivity index (χ0n) is 13.7. The minimum atomic E-state index is -3.67. The lowest BCUT2D eigenvalue weighted by atomic mass is 10.1. The second-order valence-corrected chi connectivity index (χ2v) is 7.95. The zero-order chi connectivity index (χ0) is 17.3. The summed E-state index contributed by atoms with van der Waals surface area (Å²) < 4.78 is 46.2. The molecule has 0 spiro atoms. The maximum Gasteiger partial charge on any atom is 0.243 e. The lowest BCUT2D eigenvalue weighted by molar-refractivity contribution is -0.00257. The Morgan fingerprint density at radius 1 is 1.12 bits per heavy atom. The van der Waals surface area contributed by atoms with E-state index in [0.29, 0.717) is 18.7 Å². The Bertz CT molecular complexity index is 834. The summed E-state index contributed by atoms with van der Waals surface area (Å²) in [4.78, 5) is 0.147. The Labute approximate surface area is 141 Å². The van der Waals surface area contributed by atoms with Crippen LogP contribution in [0.15, 0.2) is 47.4 Å². The quantitative estimate of drug-likeness (QED) is 0.855. The summed E-state index contributed by atoms with van der Waals surface area (Å²) in [5, 5.41) is 0. The van der Waals surface area contributed by atoms with E-state index in [9.17, 15) is 12.8 Å². The predicted octanol–water partition coefficient (Wildman–Crippen LogP) is 3.20. The number of nitrogens with zero attached hydrogens (tertiary/aromatic N) is 1. The first-order valence-corrected chi connectivity index (χ1v) is 9.26. The van der Waals surface area contributed by atoms with Gasteiger partial charge in [0.1, 0.15) is 5.82 Å². The largest absolute Gasteiger partial charge is 0.371 e. The van der Waals surface area contributed by atoms with Crippen molar-refractivity contribution < 1.29 is 17.5 Å². The van der Waals surface area contributed by atoms with E-state index >= 15 is 0 Å². The Morgan fingerprint density at radius 3 is 2.50 bits per heavy atom. The molecule has 1 saturated heterocycles. The van der Waals surface area contributed by atoms with Gasteiger partial charge in [0.05, 0.1) is 17.6 Å². The fourth-order valence-corrected chi connectivity index (χ4v) is 4.50. The summed E-state index contributed by atoms with van der Waals surface area (Å²) in [5.41, 5.74) is 2.51. The minimum absolute atomic E-state index is 0.147. The molecule has 128 valence electrons. The van der Waals surface area contributed by atoms with Gasteiger partial charge in [-0.15, -0.1) is 0 Å². The van der Waals surface area contributed by atoms with E-state index in [-0.39, 0.29) is 17.5 Å². The van der Waals surface area contributed by atoms with Gasteiger partial charge in [0.15, 0.2) is 0 Å². The first-order valence-electron chi connectivity index (χ1n) is 7.82. The van der Waals surface area contributed by atoms with E-state index in [0.717, 1.165) is 11.1 Å². The van der Waals surface area contributed by atoms with E-state index in [1.807, 2.05) is 31.2 Å². The summed E-state index contributed by atoms with van der Waals surface area (Å²) >= 11 is 0. The molecule has 1 atom stereocenters. The van der Waals surface area contributed by atoms with Gasteiger partial charge in [-0.05, 0) is 43.2 Å². The van der Waals surface area contributed by atoms with Crippen molar-refractivity contribution in [3.63, 3.8) is 0 Å². The Balaban J connectivity index is 1.87. The molecule has 0 aliphatic carbocycles. The Morgan fingerprint density at radius 2 is 1.83 bits per heavy atom. The molecule has 24 heavy (non-hydrogen) atoms. The fraction of sp³-hybridized carbons (Fsp3) is 0.333. The highest BCUT2D eigenvalue weighted by atomic mass is 32.2. The molecule has 3 rings (SSSR count). The molecule has 2 aromatic rings. The summed E-state index contributed by atoms with van der Waals surface area (Å²) in [6, 6.07) is 11.6. The van der Waals surface area contributed by atoms with Crippen molar-refractivity contribution in [2.45, 2.75) is 24.8 Å². The van der Waals surface area contributed by atoms with Crippen LogP contribution in [0.25, 0.3) is 0 Å². The molecule has 0 aromatic heterocycles. The molecule has 6 heteroatoms. The molecular formula is C18H20FNO3S. The zero-order valence-corrected chi connectivity index (χ0v) is 14.5. The van der Waals surface area contributed by atoms with Gasteiger partial charge in [0, 0.05) is 13.1 Å². The van der Waals surface area contributed by atoms with Gasteiger partial charge in [-0.1, -0.05) is 29.8 Å². The summed E-state index contributed by atoms with van der Waals surface area (Å²) in [6.07, 6.45) is -0.296. The van der Waals surface area contributed by atoms with Gasteiger partial charge < -0.3 is 4.74 Å². The lowest BCUT2D eigenvalue weighted by Gasteiger charge is -2.32. The van der Waals surface area contributed by atoms with Crippen molar-refractivity contribution in [1.29, 1.82) is 0 Å². The number of sulfonamides is 1. The first kappa shape index (κ1) is 17.1. The van der Waals surface area contributed by atoms with Crippen LogP contribution in [-0.4, -0.2) is 32.4 Å². The van der Waals surface area contributed by atoms with Gasteiger partial charge in [-0.2, -0.15) is 4.31 Å². The second-order valence-electron chi connectivity index (χ2n) is 6.04. The van der Waals surface area contributed by atoms with Gasteiger partial charge in [0.2, 0.25) is 10.0 Å². The number of hydrogen-bond donors (Lipinski definition) is 0. The molecule has 4 nitrogen and oxygen atoms in total. The molecule has 2 aromatic carbocycles. The van der Waals surface area contributed by atoms with Crippen LogP contribution in [-0.2, 0) is 14.8 Å². The number of aryl methyl sites for hydroxylation is 2. The molecule has 0 bridgehead atoms. The highest BCUT2D eigenvalue weighted by molar-refractivity contribution is 7.89. The second kappa shape index (κ2) is 6.63. The lowest BCUT2D eigenvalue weighted by Crippen LogP contribution is -2.42. The molecule has 1 unspecified atom stereocenters. The van der Waals surface area contributed by atoms with E-state index in [1.165, 1.54) is 22.5 Å². The molecule has 0 amide bonds. The molecule has 1 heterocycles. The van der Waals surface area contributed by atoms with Crippen molar-refractivity contribution in [3.05, 3.63) is 65.0 Å². The van der Waals surface area contributed by atoms with Crippen LogP contribution < -0.4 is 0 Å². The van der Waals surface area contributed by atoms with Crippen LogP contribution in [0.1, 0.15) is 22.8 Å². The van der Waals surface area contributed by atoms with Gasteiger partial charge >= 0.3 is 0 Å². The van der Waals surface area contributed by atoms with Gasteiger partial charge in [-0.25, -0.2) is 12.8 Å². The Hall–Kier alpha value is -1.76. The van der Waals surface area contributed by atoms with Crippen LogP contribution in [0, 0.1) is 19.7 Å². The number of benzene rings is 2. The average Bonchev–Trinajstić information content (AvgIpc) is 2.55. The number of halogens is 1. The maximum atomic E-state index is 13.3. The van der Waals surface area contributed by atoms with E-state index in [4.69, 9.17) is 4.74 Å². The van der Waals surface area contributed by atoms with Crippen molar-refractivity contribution in [2.75, 3.05) is 19.7 Å². The molecule has 0 N–H and O–H groups in total. The molecule has 0 radical (unpaired) electrons. The first-order chi connectivity index (χ1) is 11.4. The SMILES string of the molecule is Cc1ccc(C2CN(S(=O)(=O)c3ccc(F)cc3C)CCO2)cc1. The minimum Gasteiger partial charge on any atom is -0.371 e. The third-order valence-electron chi connectivity index (χ3n) is 4.23. The standard InChI is InChI=1S/C18H20FNO3S/c1-13-3-5-15(6-4-13)17-12-20(9-10-23-17)24(21,22)18-8-7-16(19)11-14(18)2/h3-8,11,17H,9-10,12H2,1-2H3. The van der Waals surface area contributed by atoms with Crippen molar-refractivity contribution in [1.82, 2.24) is 4.31 Å². The normalized spacial score (nSPS) is 19.4. The van der Waals surface area contributed by atoms with Crippen LogP contribution in [0.2, 0.25) is 0 Å². The molecule has 1 fully saturated rings. The van der Waals surface area contributed by atoms with E-state index in [2.05, 4.69) is 0 Å². The molecule has 0 saturated carbocycles. The van der Waals surface area contributed by atoms with Crippen LogP contribution in [0.3, 0.4) is 0 Å². The molecule has 1 aliphatic heterocycles. The van der Waals surface area contributed by atoms with Crippen molar-refractivity contribution in [3.8, 4) is 0 Å². The number of rotatable bonds is 3. The molecular weight excluding hydrogens is 329 g/mol. The Kier molecular flexibility index (Phi) is 4.71. The maximum absolute atomic E-state index is 13.3. The average molecular weight is 349 g/mol. The van der Waals surface area contributed by atoms with E-state index < -0.39 is 15.8 Å². The van der Waals surface area contributed by atoms with Crippen LogP contribution >= 0.6 is 0 Å². The van der Waals surface area contributed by atoms with Gasteiger partial charge in [0.25, 0.3) is 0 Å². The highest BCUT2D eigenvalue weighted by Crippen LogP contribution is 2.28. The summed E-state index contributed by atoms with van der Waals surface area (Å²) in [6.45, 7) is 4.48.